The molecule has 0 radical (unpaired) electrons. The van der Waals surface area contributed by atoms with Crippen LogP contribution in [0.15, 0.2) is 48.6 Å². The molecular formula is C44H76O10. The Bertz CT molecular complexity index is 1020. The summed E-state index contributed by atoms with van der Waals surface area (Å²) in [6.07, 6.45) is 32.6. The van der Waals surface area contributed by atoms with Gasteiger partial charge in [-0.2, -0.15) is 0 Å². The average Bonchev–Trinajstić information content (AvgIpc) is 3.17. The van der Waals surface area contributed by atoms with Crippen molar-refractivity contribution >= 4 is 11.9 Å². The number of esters is 2. The number of aliphatic hydroxyl groups is 4. The van der Waals surface area contributed by atoms with Crippen molar-refractivity contribution in [2.24, 2.45) is 0 Å². The molecule has 4 N–H and O–H groups in total. The van der Waals surface area contributed by atoms with Crippen LogP contribution in [-0.4, -0.2) is 89.0 Å². The highest BCUT2D eigenvalue weighted by Crippen LogP contribution is 2.22. The Morgan fingerprint density at radius 2 is 1.09 bits per heavy atom. The van der Waals surface area contributed by atoms with Crippen LogP contribution in [0.2, 0.25) is 0 Å². The standard InChI is InChI=1S/C44H76O10/c1-3-5-7-9-11-13-15-17-19-21-23-25-27-29-31-33-40(47)53-37(36-52-44-43(50)42(49)41(48)38(34-45)54-44)35-51-39(46)32-30-28-26-24-22-20-18-16-14-12-10-8-6-4-2/h5,7,9,11,13,15,17,19,37-38,41-45,48-50H,3-4,6,8,10,12,14,16,18,20-36H2,1-2H3/b7-5+,11-9+,15-13+,19-17+/t37-,38-,41+,42?,43?,44-/m0/s1. The van der Waals surface area contributed by atoms with Crippen molar-refractivity contribution in [3.05, 3.63) is 48.6 Å². The molecule has 54 heavy (non-hydrogen) atoms. The summed E-state index contributed by atoms with van der Waals surface area (Å²) in [7, 11) is 0. The van der Waals surface area contributed by atoms with Crippen LogP contribution in [0.4, 0.5) is 0 Å². The highest BCUT2D eigenvalue weighted by Gasteiger charge is 2.44. The van der Waals surface area contributed by atoms with Crippen LogP contribution in [0.25, 0.3) is 0 Å². The quantitative estimate of drug-likeness (QED) is 0.0285. The molecule has 1 aliphatic heterocycles. The third kappa shape index (κ3) is 26.5. The maximum Gasteiger partial charge on any atom is 0.306 e. The Labute approximate surface area is 327 Å². The fraction of sp³-hybridized carbons (Fsp3) is 0.773. The molecule has 0 aliphatic carbocycles. The lowest BCUT2D eigenvalue weighted by molar-refractivity contribution is -0.305. The van der Waals surface area contributed by atoms with Crippen molar-refractivity contribution in [3.63, 3.8) is 0 Å². The highest BCUT2D eigenvalue weighted by molar-refractivity contribution is 5.70. The van der Waals surface area contributed by atoms with Gasteiger partial charge in [-0.05, 0) is 32.1 Å². The number of carbonyl (C=O) groups is 2. The smallest absolute Gasteiger partial charge is 0.306 e. The number of unbranched alkanes of at least 4 members (excludes halogenated alkanes) is 18. The predicted molar refractivity (Wildman–Crippen MR) is 215 cm³/mol. The summed E-state index contributed by atoms with van der Waals surface area (Å²) in [5, 5.41) is 40.0. The van der Waals surface area contributed by atoms with E-state index in [4.69, 9.17) is 18.9 Å². The van der Waals surface area contributed by atoms with Crippen LogP contribution in [0.5, 0.6) is 0 Å². The number of rotatable bonds is 34. The van der Waals surface area contributed by atoms with Crippen molar-refractivity contribution in [2.75, 3.05) is 19.8 Å². The molecule has 6 atom stereocenters. The minimum absolute atomic E-state index is 0.204. The molecule has 312 valence electrons. The van der Waals surface area contributed by atoms with Gasteiger partial charge in [0.1, 0.15) is 31.0 Å². The Hall–Kier alpha value is -2.34. The number of carbonyl (C=O) groups excluding carboxylic acids is 2. The van der Waals surface area contributed by atoms with Crippen LogP contribution >= 0.6 is 0 Å². The first-order valence-electron chi connectivity index (χ1n) is 21.3. The van der Waals surface area contributed by atoms with Crippen molar-refractivity contribution < 1.29 is 49.0 Å². The van der Waals surface area contributed by atoms with Gasteiger partial charge in [0.05, 0.1) is 13.2 Å². The van der Waals surface area contributed by atoms with Gasteiger partial charge in [-0.25, -0.2) is 0 Å². The second kappa shape index (κ2) is 35.1. The molecule has 0 saturated carbocycles. The number of ether oxygens (including phenoxy) is 4. The molecule has 0 bridgehead atoms. The van der Waals surface area contributed by atoms with Gasteiger partial charge in [0.2, 0.25) is 0 Å². The van der Waals surface area contributed by atoms with Crippen molar-refractivity contribution in [1.29, 1.82) is 0 Å². The number of allylic oxidation sites excluding steroid dienone is 8. The number of aliphatic hydroxyl groups excluding tert-OH is 4. The van der Waals surface area contributed by atoms with Gasteiger partial charge in [-0.3, -0.25) is 9.59 Å². The molecule has 1 saturated heterocycles. The van der Waals surface area contributed by atoms with E-state index in [2.05, 4.69) is 32.1 Å². The van der Waals surface area contributed by atoms with Crippen LogP contribution < -0.4 is 0 Å². The summed E-state index contributed by atoms with van der Waals surface area (Å²) >= 11 is 0. The molecule has 0 aromatic carbocycles. The van der Waals surface area contributed by atoms with Crippen LogP contribution in [0, 0.1) is 0 Å². The second-order valence-corrected chi connectivity index (χ2v) is 14.5. The lowest BCUT2D eigenvalue weighted by atomic mass is 9.99. The molecule has 1 rings (SSSR count). The summed E-state index contributed by atoms with van der Waals surface area (Å²) in [5.41, 5.74) is 0. The van der Waals surface area contributed by atoms with Crippen LogP contribution in [0.1, 0.15) is 162 Å². The molecule has 0 aromatic rings. The van der Waals surface area contributed by atoms with E-state index >= 15 is 0 Å². The van der Waals surface area contributed by atoms with E-state index in [1.807, 2.05) is 30.4 Å². The molecule has 2 unspecified atom stereocenters. The largest absolute Gasteiger partial charge is 0.462 e. The zero-order chi connectivity index (χ0) is 39.5. The SMILES string of the molecule is CC/C=C/C=C/C=C/C=C/CCCCCCCC(=O)O[C@@H](COC(=O)CCCCCCCCCCCCCCCC)CO[C@H]1O[C@@H](CO)[C@@H](O)C(O)C1O. The van der Waals surface area contributed by atoms with E-state index in [1.165, 1.54) is 70.6 Å². The molecule has 0 spiro atoms. The summed E-state index contributed by atoms with van der Waals surface area (Å²) in [6, 6.07) is 0. The lowest BCUT2D eigenvalue weighted by Gasteiger charge is -2.39. The molecule has 10 heteroatoms. The van der Waals surface area contributed by atoms with Gasteiger partial charge in [-0.1, -0.05) is 165 Å². The Morgan fingerprint density at radius 1 is 0.593 bits per heavy atom. The minimum atomic E-state index is -1.60. The highest BCUT2D eigenvalue weighted by atomic mass is 16.7. The van der Waals surface area contributed by atoms with Gasteiger partial charge in [-0.15, -0.1) is 0 Å². The summed E-state index contributed by atoms with van der Waals surface area (Å²) in [4.78, 5) is 25.3. The third-order valence-corrected chi connectivity index (χ3v) is 9.57. The zero-order valence-corrected chi connectivity index (χ0v) is 33.7. The normalized spacial score (nSPS) is 21.2. The molecule has 10 nitrogen and oxygen atoms in total. The number of hydrogen-bond donors (Lipinski definition) is 4. The minimum Gasteiger partial charge on any atom is -0.462 e. The van der Waals surface area contributed by atoms with Crippen molar-refractivity contribution in [3.8, 4) is 0 Å². The fourth-order valence-electron chi connectivity index (χ4n) is 6.20. The molecular weight excluding hydrogens is 688 g/mol. The first-order valence-corrected chi connectivity index (χ1v) is 21.3. The van der Waals surface area contributed by atoms with Gasteiger partial charge >= 0.3 is 11.9 Å². The van der Waals surface area contributed by atoms with E-state index in [0.717, 1.165) is 57.8 Å². The molecule has 0 aromatic heterocycles. The molecule has 0 amide bonds. The van der Waals surface area contributed by atoms with Crippen molar-refractivity contribution in [1.82, 2.24) is 0 Å². The van der Waals surface area contributed by atoms with E-state index in [1.54, 1.807) is 0 Å². The van der Waals surface area contributed by atoms with Gasteiger partial charge in [0.25, 0.3) is 0 Å². The van der Waals surface area contributed by atoms with Crippen LogP contribution in [0.3, 0.4) is 0 Å². The lowest BCUT2D eigenvalue weighted by Crippen LogP contribution is -2.59. The summed E-state index contributed by atoms with van der Waals surface area (Å²) in [6.45, 7) is 3.25. The monoisotopic (exact) mass is 765 g/mol. The van der Waals surface area contributed by atoms with Gasteiger partial charge < -0.3 is 39.4 Å². The fourth-order valence-corrected chi connectivity index (χ4v) is 6.20. The topological polar surface area (TPSA) is 152 Å². The first-order chi connectivity index (χ1) is 26.3. The van der Waals surface area contributed by atoms with Crippen LogP contribution in [-0.2, 0) is 28.5 Å². The van der Waals surface area contributed by atoms with E-state index in [-0.39, 0.29) is 32.0 Å². The first kappa shape index (κ1) is 49.7. The van der Waals surface area contributed by atoms with Gasteiger partial charge in [0, 0.05) is 12.8 Å². The summed E-state index contributed by atoms with van der Waals surface area (Å²) in [5.74, 6) is -0.834. The maximum absolute atomic E-state index is 12.7. The van der Waals surface area contributed by atoms with E-state index in [9.17, 15) is 30.0 Å². The number of hydrogen-bond acceptors (Lipinski definition) is 10. The van der Waals surface area contributed by atoms with Gasteiger partial charge in [0.15, 0.2) is 12.4 Å². The van der Waals surface area contributed by atoms with E-state index < -0.39 is 49.4 Å². The zero-order valence-electron chi connectivity index (χ0n) is 33.7. The third-order valence-electron chi connectivity index (χ3n) is 9.57. The second-order valence-electron chi connectivity index (χ2n) is 14.5. The molecule has 1 heterocycles. The molecule has 1 aliphatic rings. The Morgan fingerprint density at radius 3 is 1.65 bits per heavy atom. The maximum atomic E-state index is 12.7. The average molecular weight is 765 g/mol. The predicted octanol–water partition coefficient (Wildman–Crippen LogP) is 8.49. The Kier molecular flexibility index (Phi) is 32.3. The van der Waals surface area contributed by atoms with Crippen molar-refractivity contribution in [2.45, 2.75) is 198 Å². The summed E-state index contributed by atoms with van der Waals surface area (Å²) < 4.78 is 22.1. The van der Waals surface area contributed by atoms with E-state index in [0.29, 0.717) is 6.42 Å². The Balaban J connectivity index is 2.38. The molecule has 1 fully saturated rings.